The molecule has 7 nitrogen and oxygen atoms in total. The Morgan fingerprint density at radius 1 is 1.35 bits per heavy atom. The fourth-order valence-electron chi connectivity index (χ4n) is 3.87. The summed E-state index contributed by atoms with van der Waals surface area (Å²) < 4.78 is 23.4. The Hall–Kier alpha value is -1.45. The molecule has 1 aliphatic carbocycles. The van der Waals surface area contributed by atoms with Crippen molar-refractivity contribution >= 4 is 33.1 Å². The minimum Gasteiger partial charge on any atom is -0.390 e. The highest BCUT2D eigenvalue weighted by atomic mass is 32.2. The fourth-order valence-corrected chi connectivity index (χ4v) is 6.64. The van der Waals surface area contributed by atoms with Gasteiger partial charge >= 0.3 is 6.03 Å². The Morgan fingerprint density at radius 2 is 2.13 bits per heavy atom. The maximum Gasteiger partial charge on any atom is 0.325 e. The lowest BCUT2D eigenvalue weighted by Crippen LogP contribution is -2.49. The van der Waals surface area contributed by atoms with E-state index in [0.717, 1.165) is 28.2 Å². The normalized spacial score (nSPS) is 35.6. The number of sulfone groups is 1. The van der Waals surface area contributed by atoms with Gasteiger partial charge in [-0.3, -0.25) is 9.69 Å². The zero-order chi connectivity index (χ0) is 16.4. The van der Waals surface area contributed by atoms with Crippen LogP contribution in [0.1, 0.15) is 23.3 Å². The lowest BCUT2D eigenvalue weighted by molar-refractivity contribution is -0.134. The van der Waals surface area contributed by atoms with Gasteiger partial charge in [-0.1, -0.05) is 0 Å². The molecule has 0 unspecified atom stereocenters. The second kappa shape index (κ2) is 4.78. The lowest BCUT2D eigenvalue weighted by atomic mass is 9.80. The van der Waals surface area contributed by atoms with Gasteiger partial charge in [0, 0.05) is 10.4 Å². The van der Waals surface area contributed by atoms with Gasteiger partial charge in [-0.15, -0.1) is 11.3 Å². The van der Waals surface area contributed by atoms with E-state index in [0.29, 0.717) is 6.42 Å². The highest BCUT2D eigenvalue weighted by Crippen LogP contribution is 2.43. The van der Waals surface area contributed by atoms with Gasteiger partial charge in [-0.05, 0) is 30.7 Å². The second-order valence-electron chi connectivity index (χ2n) is 6.33. The van der Waals surface area contributed by atoms with E-state index in [9.17, 15) is 23.1 Å². The molecule has 0 bridgehead atoms. The molecule has 1 spiro atoms. The molecule has 2 saturated heterocycles. The molecule has 2 aliphatic heterocycles. The first-order valence-corrected chi connectivity index (χ1v) is 10.2. The summed E-state index contributed by atoms with van der Waals surface area (Å²) in [5.41, 5.74) is -0.290. The van der Waals surface area contributed by atoms with Gasteiger partial charge in [0.25, 0.3) is 5.91 Å². The van der Waals surface area contributed by atoms with Crippen molar-refractivity contribution in [1.82, 2.24) is 10.2 Å². The smallest absolute Gasteiger partial charge is 0.325 e. The summed E-state index contributed by atoms with van der Waals surface area (Å²) in [6.45, 7) is 0. The lowest BCUT2D eigenvalue weighted by Gasteiger charge is -2.32. The number of aryl methyl sites for hydroxylation is 1. The standard InChI is InChI=1S/C14H16N2O5S2/c17-10-7-23(20,21)6-9(10)16-12(18)14(15-13(16)19)4-1-2-11-8(14)3-5-22-11/h3,5,9-10,17H,1-2,4,6-7H2,(H,15,19)/t9-,10-,14-/m0/s1. The van der Waals surface area contributed by atoms with Crippen LogP contribution in [-0.4, -0.2) is 54.0 Å². The molecule has 0 saturated carbocycles. The zero-order valence-electron chi connectivity index (χ0n) is 12.2. The number of hydrogen-bond acceptors (Lipinski definition) is 6. The number of nitrogens with one attached hydrogen (secondary N) is 1. The number of hydrogen-bond donors (Lipinski definition) is 2. The van der Waals surface area contributed by atoms with E-state index in [1.54, 1.807) is 11.3 Å². The molecular formula is C14H16N2O5S2. The summed E-state index contributed by atoms with van der Waals surface area (Å²) in [6, 6.07) is 0.230. The number of carbonyl (C=O) groups excluding carboxylic acids is 2. The first kappa shape index (κ1) is 15.1. The second-order valence-corrected chi connectivity index (χ2v) is 9.49. The van der Waals surface area contributed by atoms with Gasteiger partial charge in [-0.2, -0.15) is 0 Å². The Kier molecular flexibility index (Phi) is 3.14. The van der Waals surface area contributed by atoms with Crippen molar-refractivity contribution in [3.63, 3.8) is 0 Å². The number of urea groups is 1. The minimum atomic E-state index is -3.44. The average Bonchev–Trinajstić information content (AvgIpc) is 3.09. The summed E-state index contributed by atoms with van der Waals surface area (Å²) in [7, 11) is -3.44. The average molecular weight is 356 g/mol. The molecule has 0 aromatic carbocycles. The Bertz CT molecular complexity index is 802. The van der Waals surface area contributed by atoms with Gasteiger partial charge in [0.1, 0.15) is 5.54 Å². The molecule has 3 aliphatic rings. The van der Waals surface area contributed by atoms with Crippen molar-refractivity contribution in [3.8, 4) is 0 Å². The van der Waals surface area contributed by atoms with E-state index in [2.05, 4.69) is 5.32 Å². The predicted molar refractivity (Wildman–Crippen MR) is 82.8 cm³/mol. The van der Waals surface area contributed by atoms with Gasteiger partial charge in [0.2, 0.25) is 0 Å². The van der Waals surface area contributed by atoms with Crippen LogP contribution in [0.2, 0.25) is 0 Å². The zero-order valence-corrected chi connectivity index (χ0v) is 13.8. The molecule has 2 N–H and O–H groups in total. The molecule has 1 aromatic heterocycles. The van der Waals surface area contributed by atoms with E-state index < -0.39 is 45.2 Å². The summed E-state index contributed by atoms with van der Waals surface area (Å²) in [4.78, 5) is 27.5. The number of thiophene rings is 1. The summed E-state index contributed by atoms with van der Waals surface area (Å²) in [6.07, 6.45) is 0.917. The van der Waals surface area contributed by atoms with E-state index in [4.69, 9.17) is 0 Å². The number of rotatable bonds is 1. The van der Waals surface area contributed by atoms with Gasteiger partial charge in [0.15, 0.2) is 9.84 Å². The highest BCUT2D eigenvalue weighted by Gasteiger charge is 2.58. The van der Waals surface area contributed by atoms with Gasteiger partial charge in [-0.25, -0.2) is 13.2 Å². The maximum atomic E-state index is 13.0. The third-order valence-corrected chi connectivity index (χ3v) is 7.59. The van der Waals surface area contributed by atoms with Crippen LogP contribution in [0.3, 0.4) is 0 Å². The monoisotopic (exact) mass is 356 g/mol. The van der Waals surface area contributed by atoms with E-state index in [1.165, 1.54) is 0 Å². The first-order chi connectivity index (χ1) is 10.8. The number of imide groups is 1. The molecule has 4 rings (SSSR count). The number of nitrogens with zero attached hydrogens (tertiary/aromatic N) is 1. The third-order valence-electron chi connectivity index (χ3n) is 4.91. The molecular weight excluding hydrogens is 340 g/mol. The summed E-state index contributed by atoms with van der Waals surface area (Å²) in [5.74, 6) is -1.23. The maximum absolute atomic E-state index is 13.0. The van der Waals surface area contributed by atoms with Crippen LogP contribution in [0.5, 0.6) is 0 Å². The Labute approximate surface area is 137 Å². The largest absolute Gasteiger partial charge is 0.390 e. The predicted octanol–water partition coefficient (Wildman–Crippen LogP) is -0.0106. The van der Waals surface area contributed by atoms with Gasteiger partial charge in [0.05, 0.1) is 23.7 Å². The minimum absolute atomic E-state index is 0.375. The SMILES string of the molecule is O=C1N[C@]2(CCCc3sccc32)C(=O)N1[C@H]1CS(=O)(=O)C[C@@H]1O. The van der Waals surface area contributed by atoms with Crippen LogP contribution >= 0.6 is 11.3 Å². The molecule has 1 aromatic rings. The van der Waals surface area contributed by atoms with Crippen molar-refractivity contribution in [3.05, 3.63) is 21.9 Å². The Morgan fingerprint density at radius 3 is 2.83 bits per heavy atom. The van der Waals surface area contributed by atoms with Crippen LogP contribution in [-0.2, 0) is 26.6 Å². The quantitative estimate of drug-likeness (QED) is 0.689. The molecule has 3 heterocycles. The molecule has 3 amide bonds. The number of carbonyl (C=O) groups is 2. The van der Waals surface area contributed by atoms with E-state index in [-0.39, 0.29) is 5.75 Å². The number of aliphatic hydroxyl groups excluding tert-OH is 1. The van der Waals surface area contributed by atoms with Gasteiger partial charge < -0.3 is 10.4 Å². The van der Waals surface area contributed by atoms with Crippen molar-refractivity contribution in [2.45, 2.75) is 36.9 Å². The van der Waals surface area contributed by atoms with Crippen LogP contribution in [0.15, 0.2) is 11.4 Å². The number of fused-ring (bicyclic) bond motifs is 2. The van der Waals surface area contributed by atoms with Crippen LogP contribution in [0.25, 0.3) is 0 Å². The van der Waals surface area contributed by atoms with Crippen LogP contribution in [0, 0.1) is 0 Å². The van der Waals surface area contributed by atoms with E-state index in [1.807, 2.05) is 11.4 Å². The molecule has 0 radical (unpaired) electrons. The molecule has 23 heavy (non-hydrogen) atoms. The Balaban J connectivity index is 1.74. The fraction of sp³-hybridized carbons (Fsp3) is 0.571. The van der Waals surface area contributed by atoms with Crippen LogP contribution < -0.4 is 5.32 Å². The molecule has 124 valence electrons. The van der Waals surface area contributed by atoms with Crippen molar-refractivity contribution < 1.29 is 23.1 Å². The van der Waals surface area contributed by atoms with Crippen molar-refractivity contribution in [2.75, 3.05) is 11.5 Å². The van der Waals surface area contributed by atoms with E-state index >= 15 is 0 Å². The number of amides is 3. The highest BCUT2D eigenvalue weighted by molar-refractivity contribution is 7.91. The molecule has 2 fully saturated rings. The molecule has 3 atom stereocenters. The summed E-state index contributed by atoms with van der Waals surface area (Å²) >= 11 is 1.56. The van der Waals surface area contributed by atoms with Crippen molar-refractivity contribution in [2.24, 2.45) is 0 Å². The number of aliphatic hydroxyl groups is 1. The third kappa shape index (κ3) is 2.06. The first-order valence-electron chi connectivity index (χ1n) is 7.45. The topological polar surface area (TPSA) is 104 Å². The summed E-state index contributed by atoms with van der Waals surface area (Å²) in [5, 5.41) is 14.7. The van der Waals surface area contributed by atoms with Crippen LogP contribution in [0.4, 0.5) is 4.79 Å². The molecule has 9 heteroatoms. The van der Waals surface area contributed by atoms with Crippen molar-refractivity contribution in [1.29, 1.82) is 0 Å².